The Morgan fingerprint density at radius 3 is 2.73 bits per heavy atom. The van der Waals surface area contributed by atoms with Crippen LogP contribution in [0.1, 0.15) is 29.2 Å². The Morgan fingerprint density at radius 1 is 1.12 bits per heavy atom. The van der Waals surface area contributed by atoms with Gasteiger partial charge in [-0.3, -0.25) is 5.01 Å². The zero-order valence-electron chi connectivity index (χ0n) is 15.9. The molecular formula is C22H27N3O. The van der Waals surface area contributed by atoms with Gasteiger partial charge in [-0.2, -0.15) is 5.10 Å². The van der Waals surface area contributed by atoms with E-state index >= 15 is 0 Å². The fourth-order valence-electron chi connectivity index (χ4n) is 4.20. The second kappa shape index (κ2) is 7.12. The minimum absolute atomic E-state index is 0.238. The lowest BCUT2D eigenvalue weighted by Gasteiger charge is -2.26. The van der Waals surface area contributed by atoms with Gasteiger partial charge >= 0.3 is 0 Å². The highest BCUT2D eigenvalue weighted by Gasteiger charge is 2.43. The fraction of sp³-hybridized carbons (Fsp3) is 0.409. The Bertz CT molecular complexity index is 815. The van der Waals surface area contributed by atoms with Crippen molar-refractivity contribution in [2.45, 2.75) is 18.9 Å². The number of hydrazone groups is 1. The molecule has 4 nitrogen and oxygen atoms in total. The Kier molecular flexibility index (Phi) is 4.68. The number of ether oxygens (including phenoxy) is 1. The first-order chi connectivity index (χ1) is 12.6. The summed E-state index contributed by atoms with van der Waals surface area (Å²) in [6.07, 6.45) is 2.08. The molecule has 0 spiro atoms. The van der Waals surface area contributed by atoms with E-state index in [2.05, 4.69) is 79.6 Å². The van der Waals surface area contributed by atoms with E-state index in [1.54, 1.807) is 0 Å². The largest absolute Gasteiger partial charge is 0.493 e. The molecule has 2 aliphatic rings. The van der Waals surface area contributed by atoms with Crippen LogP contribution in [0.25, 0.3) is 0 Å². The summed E-state index contributed by atoms with van der Waals surface area (Å²) in [5, 5.41) is 7.02. The van der Waals surface area contributed by atoms with Gasteiger partial charge < -0.3 is 9.64 Å². The molecule has 0 N–H and O–H groups in total. The highest BCUT2D eigenvalue weighted by Crippen LogP contribution is 2.45. The lowest BCUT2D eigenvalue weighted by Crippen LogP contribution is -2.23. The van der Waals surface area contributed by atoms with Crippen molar-refractivity contribution in [3.05, 3.63) is 65.2 Å². The topological polar surface area (TPSA) is 28.1 Å². The third-order valence-corrected chi connectivity index (χ3v) is 5.38. The predicted octanol–water partition coefficient (Wildman–Crippen LogP) is 3.58. The second-order valence-corrected chi connectivity index (χ2v) is 7.51. The summed E-state index contributed by atoms with van der Waals surface area (Å²) in [6.45, 7) is 1.78. The summed E-state index contributed by atoms with van der Waals surface area (Å²) in [4.78, 5) is 2.19. The Labute approximate surface area is 156 Å². The van der Waals surface area contributed by atoms with Gasteiger partial charge in [-0.05, 0) is 38.6 Å². The van der Waals surface area contributed by atoms with Crippen LogP contribution in [0.5, 0.6) is 5.75 Å². The first-order valence-electron chi connectivity index (χ1n) is 9.41. The quantitative estimate of drug-likeness (QED) is 0.746. The first kappa shape index (κ1) is 17.1. The van der Waals surface area contributed by atoms with Crippen LogP contribution in [0, 0.1) is 5.92 Å². The molecule has 2 atom stereocenters. The zero-order valence-corrected chi connectivity index (χ0v) is 15.9. The van der Waals surface area contributed by atoms with Crippen LogP contribution in [0.2, 0.25) is 0 Å². The van der Waals surface area contributed by atoms with Crippen molar-refractivity contribution in [1.82, 2.24) is 9.91 Å². The lowest BCUT2D eigenvalue weighted by molar-refractivity contribution is 0.232. The van der Waals surface area contributed by atoms with E-state index in [9.17, 15) is 0 Å². The number of benzene rings is 2. The van der Waals surface area contributed by atoms with Crippen molar-refractivity contribution in [2.24, 2.45) is 11.0 Å². The average Bonchev–Trinajstić information content (AvgIpc) is 3.13. The predicted molar refractivity (Wildman–Crippen MR) is 106 cm³/mol. The molecule has 136 valence electrons. The van der Waals surface area contributed by atoms with Crippen LogP contribution < -0.4 is 4.74 Å². The molecule has 1 heterocycles. The molecule has 0 fully saturated rings. The van der Waals surface area contributed by atoms with Gasteiger partial charge in [0, 0.05) is 30.6 Å². The summed E-state index contributed by atoms with van der Waals surface area (Å²) in [6, 6.07) is 17.4. The van der Waals surface area contributed by atoms with Gasteiger partial charge in [-0.25, -0.2) is 0 Å². The molecule has 2 aromatic rings. The normalized spacial score (nSPS) is 20.9. The van der Waals surface area contributed by atoms with Crippen molar-refractivity contribution in [3.8, 4) is 5.75 Å². The van der Waals surface area contributed by atoms with Crippen molar-refractivity contribution in [1.29, 1.82) is 0 Å². The maximum Gasteiger partial charge on any atom is 0.124 e. The zero-order chi connectivity index (χ0) is 18.1. The maximum atomic E-state index is 6.17. The summed E-state index contributed by atoms with van der Waals surface area (Å²) in [5.74, 6) is 1.40. The van der Waals surface area contributed by atoms with Crippen molar-refractivity contribution in [3.63, 3.8) is 0 Å². The number of fused-ring (bicyclic) bond motifs is 3. The minimum atomic E-state index is 0.238. The highest BCUT2D eigenvalue weighted by molar-refractivity contribution is 6.07. The Morgan fingerprint density at radius 2 is 1.88 bits per heavy atom. The number of hydrogen-bond acceptors (Lipinski definition) is 4. The first-order valence-corrected chi connectivity index (χ1v) is 9.41. The molecule has 2 unspecified atom stereocenters. The van der Waals surface area contributed by atoms with Gasteiger partial charge in [0.1, 0.15) is 5.75 Å². The van der Waals surface area contributed by atoms with Gasteiger partial charge in [-0.1, -0.05) is 42.5 Å². The maximum absolute atomic E-state index is 6.17. The molecule has 4 rings (SSSR count). The van der Waals surface area contributed by atoms with E-state index in [-0.39, 0.29) is 6.04 Å². The van der Waals surface area contributed by atoms with Crippen LogP contribution in [-0.4, -0.2) is 49.9 Å². The van der Waals surface area contributed by atoms with Gasteiger partial charge in [0.05, 0.1) is 18.4 Å². The molecule has 2 aromatic carbocycles. The van der Waals surface area contributed by atoms with E-state index in [4.69, 9.17) is 9.84 Å². The second-order valence-electron chi connectivity index (χ2n) is 7.51. The van der Waals surface area contributed by atoms with E-state index in [1.807, 2.05) is 0 Å². The highest BCUT2D eigenvalue weighted by atomic mass is 16.5. The van der Waals surface area contributed by atoms with Crippen molar-refractivity contribution >= 4 is 5.71 Å². The molecule has 1 aliphatic carbocycles. The minimum Gasteiger partial charge on any atom is -0.493 e. The number of rotatable bonds is 6. The van der Waals surface area contributed by atoms with Crippen LogP contribution in [-0.2, 0) is 6.42 Å². The fourth-order valence-corrected chi connectivity index (χ4v) is 4.20. The number of hydrogen-bond donors (Lipinski definition) is 0. The molecule has 0 amide bonds. The molecule has 1 aliphatic heterocycles. The third kappa shape index (κ3) is 3.10. The van der Waals surface area contributed by atoms with Gasteiger partial charge in [-0.15, -0.1) is 0 Å². The average molecular weight is 349 g/mol. The summed E-state index contributed by atoms with van der Waals surface area (Å²) in [7, 11) is 6.28. The number of para-hydroxylation sites is 1. The van der Waals surface area contributed by atoms with Crippen molar-refractivity contribution < 1.29 is 4.74 Å². The molecule has 0 radical (unpaired) electrons. The van der Waals surface area contributed by atoms with Crippen LogP contribution >= 0.6 is 0 Å². The monoisotopic (exact) mass is 349 g/mol. The summed E-state index contributed by atoms with van der Waals surface area (Å²) < 4.78 is 6.17. The molecular weight excluding hydrogens is 322 g/mol. The van der Waals surface area contributed by atoms with E-state index in [0.29, 0.717) is 5.92 Å². The van der Waals surface area contributed by atoms with Gasteiger partial charge in [0.2, 0.25) is 0 Å². The third-order valence-electron chi connectivity index (χ3n) is 5.38. The molecule has 0 aromatic heterocycles. The molecule has 0 saturated carbocycles. The smallest absolute Gasteiger partial charge is 0.124 e. The molecule has 0 saturated heterocycles. The van der Waals surface area contributed by atoms with Gasteiger partial charge in [0.15, 0.2) is 0 Å². The Balaban J connectivity index is 1.56. The van der Waals surface area contributed by atoms with Crippen molar-refractivity contribution in [2.75, 3.05) is 34.3 Å². The lowest BCUT2D eigenvalue weighted by atomic mass is 9.90. The molecule has 26 heavy (non-hydrogen) atoms. The van der Waals surface area contributed by atoms with Gasteiger partial charge in [0.25, 0.3) is 0 Å². The SMILES string of the molecule is CN(C)CCCOc1ccccc1C1C2Cc3ccccc3C2=NN1C. The molecule has 0 bridgehead atoms. The van der Waals surface area contributed by atoms with Crippen LogP contribution in [0.3, 0.4) is 0 Å². The van der Waals surface area contributed by atoms with E-state index < -0.39 is 0 Å². The summed E-state index contributed by atoms with van der Waals surface area (Å²) in [5.41, 5.74) is 5.21. The number of nitrogens with zero attached hydrogens (tertiary/aromatic N) is 3. The standard InChI is InChI=1S/C22H27N3O/c1-24(2)13-8-14-26-20-12-7-6-11-18(20)22-19-15-16-9-4-5-10-17(16)21(19)23-25(22)3/h4-7,9-12,19,22H,8,13-15H2,1-3H3. The van der Waals surface area contributed by atoms with E-state index in [1.165, 1.54) is 22.4 Å². The Hall–Kier alpha value is -2.33. The molecule has 4 heteroatoms. The van der Waals surface area contributed by atoms with Crippen LogP contribution in [0.4, 0.5) is 0 Å². The van der Waals surface area contributed by atoms with Crippen LogP contribution in [0.15, 0.2) is 53.6 Å². The van der Waals surface area contributed by atoms with E-state index in [0.717, 1.165) is 31.7 Å². The summed E-state index contributed by atoms with van der Waals surface area (Å²) >= 11 is 0.